The Bertz CT molecular complexity index is 2390. The molecule has 0 saturated carbocycles. The van der Waals surface area contributed by atoms with Crippen LogP contribution < -0.4 is 26.4 Å². The Morgan fingerprint density at radius 1 is 0.387 bits per heavy atom. The number of rotatable bonds is 8. The first-order valence-electron chi connectivity index (χ1n) is 16.4. The van der Waals surface area contributed by atoms with Crippen molar-refractivity contribution in [1.29, 1.82) is 0 Å². The van der Waals surface area contributed by atoms with Crippen molar-refractivity contribution in [2.24, 2.45) is 0 Å². The molecular formula is C38H14BF20NO2. The Morgan fingerprint density at radius 3 is 0.871 bits per heavy atom. The zero-order valence-corrected chi connectivity index (χ0v) is 29.5. The van der Waals surface area contributed by atoms with Gasteiger partial charge in [0.2, 0.25) is 12.3 Å². The number of halogens is 20. The van der Waals surface area contributed by atoms with Gasteiger partial charge in [-0.15, -0.1) is 21.9 Å². The molecule has 5 aromatic carbocycles. The Labute approximate surface area is 331 Å². The molecule has 0 aliphatic carbocycles. The largest absolute Gasteiger partial charge is 0.392 e. The Kier molecular flexibility index (Phi) is 13.2. The van der Waals surface area contributed by atoms with Crippen molar-refractivity contribution in [3.05, 3.63) is 182 Å². The fourth-order valence-corrected chi connectivity index (χ4v) is 6.45. The molecule has 0 spiro atoms. The van der Waals surface area contributed by atoms with E-state index in [4.69, 9.17) is 5.11 Å². The third-order valence-electron chi connectivity index (χ3n) is 9.27. The van der Waals surface area contributed by atoms with E-state index in [2.05, 4.69) is 0 Å². The van der Waals surface area contributed by atoms with Crippen LogP contribution in [-0.4, -0.2) is 17.0 Å². The molecule has 0 aliphatic rings. The molecule has 0 amide bonds. The summed E-state index contributed by atoms with van der Waals surface area (Å²) in [6, 6.07) is 12.8. The molecule has 24 heteroatoms. The monoisotopic (exact) mass is 907 g/mol. The van der Waals surface area contributed by atoms with Crippen molar-refractivity contribution in [1.82, 2.24) is 0 Å². The van der Waals surface area contributed by atoms with Gasteiger partial charge in [0.1, 0.15) is 52.7 Å². The van der Waals surface area contributed by atoms with E-state index in [0.29, 0.717) is 12.1 Å². The average Bonchev–Trinajstić information content (AvgIpc) is 3.27. The molecule has 1 N–H and O–H groups in total. The van der Waals surface area contributed by atoms with Gasteiger partial charge in [-0.25, -0.2) is 87.8 Å². The summed E-state index contributed by atoms with van der Waals surface area (Å²) in [5.41, 5.74) is -12.8. The molecule has 0 saturated heterocycles. The van der Waals surface area contributed by atoms with Gasteiger partial charge in [-0.2, -0.15) is 4.57 Å². The summed E-state index contributed by atoms with van der Waals surface area (Å²) < 4.78 is 296. The smallest absolute Gasteiger partial charge is 0.227 e. The molecule has 3 nitrogen and oxygen atoms in total. The molecule has 62 heavy (non-hydrogen) atoms. The molecular weight excluding hydrogens is 893 g/mol. The van der Waals surface area contributed by atoms with Crippen LogP contribution in [0.5, 0.6) is 0 Å². The van der Waals surface area contributed by atoms with Crippen LogP contribution in [0.3, 0.4) is 0 Å². The highest BCUT2D eigenvalue weighted by Crippen LogP contribution is 2.30. The second-order valence-electron chi connectivity index (χ2n) is 12.6. The lowest BCUT2D eigenvalue weighted by molar-refractivity contribution is -0.683. The quantitative estimate of drug-likeness (QED) is 0.0439. The predicted octanol–water partition coefficient (Wildman–Crippen LogP) is 7.20. The van der Waals surface area contributed by atoms with Gasteiger partial charge in [0.05, 0.1) is 6.61 Å². The number of aromatic nitrogens is 1. The number of nitrogens with zero attached hydrogens (tertiary/aromatic N) is 1. The van der Waals surface area contributed by atoms with Crippen LogP contribution in [-0.2, 0) is 13.2 Å². The maximum atomic E-state index is 15.4. The van der Waals surface area contributed by atoms with Gasteiger partial charge in [0.15, 0.2) is 82.2 Å². The SMILES string of the molecule is Fc1c(F)c(F)c([B-](c2c(F)c(F)c(F)c(F)c2F)(c2c(F)c(F)c(F)c(F)c2F)c2c(F)c(F)c(F)c(F)c2F)c(F)c1F.O=C(C[n+]1ccc(CO)cc1)c1ccccc1. The maximum absolute atomic E-state index is 15.4. The molecule has 0 unspecified atom stereocenters. The fraction of sp³-hybridized carbons (Fsp3) is 0.0526. The summed E-state index contributed by atoms with van der Waals surface area (Å²) in [5, 5.41) is 8.91. The lowest BCUT2D eigenvalue weighted by atomic mass is 9.12. The number of carbonyl (C=O) groups is 1. The predicted molar refractivity (Wildman–Crippen MR) is 173 cm³/mol. The van der Waals surface area contributed by atoms with E-state index in [1.807, 2.05) is 30.3 Å². The summed E-state index contributed by atoms with van der Waals surface area (Å²) >= 11 is 0. The van der Waals surface area contributed by atoms with Gasteiger partial charge in [-0.05, 0) is 5.56 Å². The van der Waals surface area contributed by atoms with E-state index in [1.54, 1.807) is 29.1 Å². The highest BCUT2D eigenvalue weighted by atomic mass is 19.2. The minimum Gasteiger partial charge on any atom is -0.392 e. The van der Waals surface area contributed by atoms with Crippen molar-refractivity contribution in [3.63, 3.8) is 0 Å². The topological polar surface area (TPSA) is 41.2 Å². The van der Waals surface area contributed by atoms with Crippen molar-refractivity contribution < 1.29 is 102 Å². The molecule has 1 aromatic heterocycles. The van der Waals surface area contributed by atoms with Gasteiger partial charge in [-0.1, -0.05) is 30.3 Å². The van der Waals surface area contributed by atoms with E-state index < -0.39 is 144 Å². The maximum Gasteiger partial charge on any atom is 0.227 e. The molecule has 0 bridgehead atoms. The molecule has 326 valence electrons. The number of ketones is 1. The van der Waals surface area contributed by atoms with Crippen LogP contribution >= 0.6 is 0 Å². The number of carbonyl (C=O) groups excluding carboxylic acids is 1. The molecule has 0 atom stereocenters. The highest BCUT2D eigenvalue weighted by molar-refractivity contribution is 7.20. The number of pyridine rings is 1. The Morgan fingerprint density at radius 2 is 0.629 bits per heavy atom. The number of aliphatic hydroxyl groups is 1. The Hall–Kier alpha value is -6.46. The van der Waals surface area contributed by atoms with Crippen molar-refractivity contribution in [2.75, 3.05) is 0 Å². The first kappa shape index (κ1) is 46.6. The third-order valence-corrected chi connectivity index (χ3v) is 9.27. The van der Waals surface area contributed by atoms with Crippen LogP contribution in [0.15, 0.2) is 54.9 Å². The number of hydrogen-bond acceptors (Lipinski definition) is 2. The molecule has 0 fully saturated rings. The Balaban J connectivity index is 0.000000355. The molecule has 1 heterocycles. The van der Waals surface area contributed by atoms with Crippen LogP contribution in [0.2, 0.25) is 0 Å². The zero-order valence-electron chi connectivity index (χ0n) is 29.5. The van der Waals surface area contributed by atoms with Gasteiger partial charge >= 0.3 is 0 Å². The van der Waals surface area contributed by atoms with Crippen LogP contribution in [0.4, 0.5) is 87.8 Å². The first-order chi connectivity index (χ1) is 29.0. The highest BCUT2D eigenvalue weighted by Gasteiger charge is 2.52. The standard InChI is InChI=1S/C24BF20.C14H14NO2/c26-5-1(6(27)14(35)21(42)13(5)34)25(2-7(28)15(36)22(43)16(37)8(2)29,3-9(30)17(38)23(44)18(39)10(3)31)4-11(32)19(40)24(45)20(41)12(4)33;16-11-12-6-8-15(9-7-12)10-14(17)13-4-2-1-3-5-13/h;1-9,16H,10-11H2/q-1;+1. The summed E-state index contributed by atoms with van der Waals surface area (Å²) in [6.07, 6.45) is -3.62. The second-order valence-corrected chi connectivity index (χ2v) is 12.6. The minimum atomic E-state index is -7.22. The van der Waals surface area contributed by atoms with Crippen LogP contribution in [0, 0.1) is 116 Å². The molecule has 0 radical (unpaired) electrons. The number of benzene rings is 5. The first-order valence-corrected chi connectivity index (χ1v) is 16.4. The molecule has 6 rings (SSSR count). The van der Waals surface area contributed by atoms with Crippen LogP contribution in [0.1, 0.15) is 15.9 Å². The van der Waals surface area contributed by atoms with E-state index >= 15 is 35.1 Å². The summed E-state index contributed by atoms with van der Waals surface area (Å²) in [5.74, 6) is -71.3. The van der Waals surface area contributed by atoms with Gasteiger partial charge in [-0.3, -0.25) is 4.79 Å². The summed E-state index contributed by atoms with van der Waals surface area (Å²) in [6.45, 7) is 0.337. The second kappa shape index (κ2) is 17.5. The van der Waals surface area contributed by atoms with E-state index in [-0.39, 0.29) is 12.4 Å². The van der Waals surface area contributed by atoms with Crippen molar-refractivity contribution >= 4 is 33.8 Å². The molecule has 6 aromatic rings. The average molecular weight is 907 g/mol. The van der Waals surface area contributed by atoms with Gasteiger partial charge in [0, 0.05) is 17.7 Å². The lowest BCUT2D eigenvalue weighted by Gasteiger charge is -2.44. The zero-order chi connectivity index (χ0) is 46.4. The van der Waals surface area contributed by atoms with E-state index in [9.17, 15) is 57.5 Å². The normalized spacial score (nSPS) is 11.5. The summed E-state index contributed by atoms with van der Waals surface area (Å²) in [7, 11) is 0. The van der Waals surface area contributed by atoms with E-state index in [0.717, 1.165) is 5.56 Å². The third kappa shape index (κ3) is 7.38. The van der Waals surface area contributed by atoms with Gasteiger partial charge in [0.25, 0.3) is 0 Å². The minimum absolute atomic E-state index is 0.0213. The summed E-state index contributed by atoms with van der Waals surface area (Å²) in [4.78, 5) is 11.9. The molecule has 0 aliphatic heterocycles. The number of aliphatic hydroxyl groups excluding tert-OH is 1. The van der Waals surface area contributed by atoms with Crippen LogP contribution in [0.25, 0.3) is 0 Å². The lowest BCUT2D eigenvalue weighted by Crippen LogP contribution is -2.81. The van der Waals surface area contributed by atoms with Gasteiger partial charge < -0.3 is 5.11 Å². The number of Topliss-reactive ketones (excluding diaryl/α,β-unsaturated/α-hetero) is 1. The van der Waals surface area contributed by atoms with Crippen molar-refractivity contribution in [3.8, 4) is 0 Å². The fourth-order valence-electron chi connectivity index (χ4n) is 6.45. The van der Waals surface area contributed by atoms with Crippen molar-refractivity contribution in [2.45, 2.75) is 13.2 Å². The number of hydrogen-bond donors (Lipinski definition) is 1. The van der Waals surface area contributed by atoms with E-state index in [1.165, 1.54) is 0 Å².